The number of benzene rings is 1. The number of carbonyl (C=O) groups is 1. The van der Waals surface area contributed by atoms with Crippen molar-refractivity contribution >= 4 is 11.6 Å². The van der Waals surface area contributed by atoms with Crippen molar-refractivity contribution in [3.8, 4) is 5.75 Å². The summed E-state index contributed by atoms with van der Waals surface area (Å²) in [5.41, 5.74) is 2.58. The Hall–Kier alpha value is -3.28. The largest absolute Gasteiger partial charge is 0.485 e. The maximum absolute atomic E-state index is 12.3. The van der Waals surface area contributed by atoms with Gasteiger partial charge in [-0.25, -0.2) is 0 Å². The number of nitrogens with one attached hydrogen (secondary N) is 1. The first-order valence-electron chi connectivity index (χ1n) is 8.28. The minimum absolute atomic E-state index is 0.228. The minimum Gasteiger partial charge on any atom is -0.485 e. The van der Waals surface area contributed by atoms with E-state index in [0.717, 1.165) is 23.4 Å². The summed E-state index contributed by atoms with van der Waals surface area (Å²) in [7, 11) is 1.82. The SMILES string of the molecule is C=CCc1ccccc1OCc1ccc(C(=O)Nc2cnn(C)c2C)o1. The highest BCUT2D eigenvalue weighted by molar-refractivity contribution is 6.02. The number of amides is 1. The van der Waals surface area contributed by atoms with E-state index < -0.39 is 0 Å². The number of allylic oxidation sites excluding steroid dienone is 1. The lowest BCUT2D eigenvalue weighted by atomic mass is 10.1. The van der Waals surface area contributed by atoms with Crippen molar-refractivity contribution in [3.05, 3.63) is 78.0 Å². The van der Waals surface area contributed by atoms with Gasteiger partial charge in [0.1, 0.15) is 18.1 Å². The second kappa shape index (κ2) is 7.74. The Morgan fingerprint density at radius 3 is 2.88 bits per heavy atom. The standard InChI is InChI=1S/C20H21N3O3/c1-4-7-15-8-5-6-9-18(15)25-13-16-10-11-19(26-16)20(24)22-17-12-21-23(3)14(17)2/h4-6,8-12H,1,7,13H2,2-3H3,(H,22,24). The van der Waals surface area contributed by atoms with Crippen molar-refractivity contribution in [2.24, 2.45) is 7.05 Å². The van der Waals surface area contributed by atoms with Crippen LogP contribution < -0.4 is 10.1 Å². The number of furan rings is 1. The zero-order valence-corrected chi connectivity index (χ0v) is 14.9. The molecule has 0 saturated heterocycles. The molecule has 2 aromatic heterocycles. The van der Waals surface area contributed by atoms with Crippen LogP contribution in [0.5, 0.6) is 5.75 Å². The van der Waals surface area contributed by atoms with Crippen LogP contribution in [0.3, 0.4) is 0 Å². The van der Waals surface area contributed by atoms with Gasteiger partial charge in [0.05, 0.1) is 17.6 Å². The van der Waals surface area contributed by atoms with Crippen LogP contribution in [-0.4, -0.2) is 15.7 Å². The molecule has 26 heavy (non-hydrogen) atoms. The number of aryl methyl sites for hydroxylation is 1. The summed E-state index contributed by atoms with van der Waals surface area (Å²) in [4.78, 5) is 12.3. The van der Waals surface area contributed by atoms with E-state index in [1.807, 2.05) is 44.3 Å². The molecule has 0 aliphatic rings. The third kappa shape index (κ3) is 3.85. The van der Waals surface area contributed by atoms with Crippen molar-refractivity contribution in [1.82, 2.24) is 9.78 Å². The number of aromatic nitrogens is 2. The van der Waals surface area contributed by atoms with Crippen LogP contribution >= 0.6 is 0 Å². The topological polar surface area (TPSA) is 69.3 Å². The molecule has 134 valence electrons. The molecular formula is C20H21N3O3. The van der Waals surface area contributed by atoms with Crippen LogP contribution in [0.4, 0.5) is 5.69 Å². The van der Waals surface area contributed by atoms with E-state index in [0.29, 0.717) is 11.4 Å². The Morgan fingerprint density at radius 1 is 1.35 bits per heavy atom. The first-order valence-corrected chi connectivity index (χ1v) is 8.28. The molecule has 0 unspecified atom stereocenters. The van der Waals surface area contributed by atoms with E-state index in [9.17, 15) is 4.79 Å². The lowest BCUT2D eigenvalue weighted by Gasteiger charge is -2.08. The number of anilines is 1. The number of para-hydroxylation sites is 1. The number of carbonyl (C=O) groups excluding carboxylic acids is 1. The van der Waals surface area contributed by atoms with Gasteiger partial charge in [0, 0.05) is 7.05 Å². The number of rotatable bonds is 7. The second-order valence-corrected chi connectivity index (χ2v) is 5.88. The minimum atomic E-state index is -0.320. The predicted octanol–water partition coefficient (Wildman–Crippen LogP) is 3.88. The van der Waals surface area contributed by atoms with Crippen molar-refractivity contribution < 1.29 is 13.9 Å². The van der Waals surface area contributed by atoms with E-state index in [4.69, 9.17) is 9.15 Å². The molecule has 0 aliphatic heterocycles. The molecule has 6 nitrogen and oxygen atoms in total. The smallest absolute Gasteiger partial charge is 0.291 e. The molecule has 0 bridgehead atoms. The summed E-state index contributed by atoms with van der Waals surface area (Å²) < 4.78 is 13.1. The Balaban J connectivity index is 1.64. The maximum atomic E-state index is 12.3. The summed E-state index contributed by atoms with van der Waals surface area (Å²) in [5, 5.41) is 6.89. The molecular weight excluding hydrogens is 330 g/mol. The predicted molar refractivity (Wildman–Crippen MR) is 99.3 cm³/mol. The van der Waals surface area contributed by atoms with Crippen LogP contribution in [0.2, 0.25) is 0 Å². The molecule has 6 heteroatoms. The number of hydrogen-bond acceptors (Lipinski definition) is 4. The molecule has 0 fully saturated rings. The Kier molecular flexibility index (Phi) is 5.22. The highest BCUT2D eigenvalue weighted by atomic mass is 16.5. The Morgan fingerprint density at radius 2 is 2.15 bits per heavy atom. The molecule has 1 N–H and O–H groups in total. The molecule has 3 rings (SSSR count). The summed E-state index contributed by atoms with van der Waals surface area (Å²) in [6, 6.07) is 11.1. The fraction of sp³-hybridized carbons (Fsp3) is 0.200. The van der Waals surface area contributed by atoms with Gasteiger partial charge in [0.15, 0.2) is 5.76 Å². The Labute approximate surface area is 152 Å². The van der Waals surface area contributed by atoms with Gasteiger partial charge >= 0.3 is 0 Å². The summed E-state index contributed by atoms with van der Waals surface area (Å²) in [6.45, 7) is 5.88. The maximum Gasteiger partial charge on any atom is 0.291 e. The first kappa shape index (κ1) is 17.5. The summed E-state index contributed by atoms with van der Waals surface area (Å²) in [6.07, 6.45) is 4.17. The van der Waals surface area contributed by atoms with Crippen LogP contribution in [-0.2, 0) is 20.1 Å². The van der Waals surface area contributed by atoms with Gasteiger partial charge < -0.3 is 14.5 Å². The van der Waals surface area contributed by atoms with Crippen LogP contribution in [0, 0.1) is 6.92 Å². The van der Waals surface area contributed by atoms with Crippen LogP contribution in [0.25, 0.3) is 0 Å². The fourth-order valence-corrected chi connectivity index (χ4v) is 2.50. The van der Waals surface area contributed by atoms with Gasteiger partial charge in [-0.2, -0.15) is 5.10 Å². The highest BCUT2D eigenvalue weighted by Gasteiger charge is 2.14. The fourth-order valence-electron chi connectivity index (χ4n) is 2.50. The third-order valence-corrected chi connectivity index (χ3v) is 4.08. The lowest BCUT2D eigenvalue weighted by molar-refractivity contribution is 0.0992. The number of ether oxygens (including phenoxy) is 1. The van der Waals surface area contributed by atoms with E-state index in [1.165, 1.54) is 0 Å². The average Bonchev–Trinajstić information content (AvgIpc) is 3.24. The third-order valence-electron chi connectivity index (χ3n) is 4.08. The molecule has 0 atom stereocenters. The van der Waals surface area contributed by atoms with E-state index >= 15 is 0 Å². The van der Waals surface area contributed by atoms with Crippen molar-refractivity contribution in [2.75, 3.05) is 5.32 Å². The molecule has 0 aliphatic carbocycles. The summed E-state index contributed by atoms with van der Waals surface area (Å²) in [5.74, 6) is 1.26. The van der Waals surface area contributed by atoms with Crippen molar-refractivity contribution in [1.29, 1.82) is 0 Å². The van der Waals surface area contributed by atoms with Gasteiger partial charge in [-0.05, 0) is 37.1 Å². The molecule has 1 amide bonds. The summed E-state index contributed by atoms with van der Waals surface area (Å²) >= 11 is 0. The Bertz CT molecular complexity index is 924. The zero-order chi connectivity index (χ0) is 18.5. The second-order valence-electron chi connectivity index (χ2n) is 5.88. The van der Waals surface area contributed by atoms with Crippen LogP contribution in [0.1, 0.15) is 27.6 Å². The highest BCUT2D eigenvalue weighted by Crippen LogP contribution is 2.21. The molecule has 0 saturated carbocycles. The van der Waals surface area contributed by atoms with Crippen molar-refractivity contribution in [3.63, 3.8) is 0 Å². The lowest BCUT2D eigenvalue weighted by Crippen LogP contribution is -2.11. The van der Waals surface area contributed by atoms with Gasteiger partial charge in [-0.15, -0.1) is 6.58 Å². The average molecular weight is 351 g/mol. The van der Waals surface area contributed by atoms with Gasteiger partial charge in [-0.1, -0.05) is 24.3 Å². The number of nitrogens with zero attached hydrogens (tertiary/aromatic N) is 2. The van der Waals surface area contributed by atoms with Crippen LogP contribution in [0.15, 0.2) is 59.7 Å². The molecule has 3 aromatic rings. The monoisotopic (exact) mass is 351 g/mol. The molecule has 0 spiro atoms. The number of hydrogen-bond donors (Lipinski definition) is 1. The molecule has 2 heterocycles. The normalized spacial score (nSPS) is 10.5. The van der Waals surface area contributed by atoms with Gasteiger partial charge in [0.25, 0.3) is 5.91 Å². The van der Waals surface area contributed by atoms with Crippen molar-refractivity contribution in [2.45, 2.75) is 20.0 Å². The van der Waals surface area contributed by atoms with Gasteiger partial charge in [0.2, 0.25) is 0 Å². The molecule has 1 aromatic carbocycles. The first-order chi connectivity index (χ1) is 12.6. The zero-order valence-electron chi connectivity index (χ0n) is 14.9. The van der Waals surface area contributed by atoms with E-state index in [1.54, 1.807) is 23.0 Å². The quantitative estimate of drug-likeness (QED) is 0.656. The van der Waals surface area contributed by atoms with Gasteiger partial charge in [-0.3, -0.25) is 9.48 Å². The van der Waals surface area contributed by atoms with E-state index in [2.05, 4.69) is 17.0 Å². The molecule has 0 radical (unpaired) electrons. The van der Waals surface area contributed by atoms with E-state index in [-0.39, 0.29) is 18.3 Å².